The van der Waals surface area contributed by atoms with Crippen LogP contribution >= 0.6 is 0 Å². The average Bonchev–Trinajstić information content (AvgIpc) is 3.65. The summed E-state index contributed by atoms with van der Waals surface area (Å²) >= 11 is 0. The molecule has 20 aromatic rings. The smallest absolute Gasteiger partial charge is 0.0540 e. The molecule has 0 fully saturated rings. The molecule has 7 heterocycles. The second-order valence-electron chi connectivity index (χ2n) is 20.9. The zero-order chi connectivity index (χ0) is 52.9. The maximum Gasteiger partial charge on any atom is 0.0540 e. The fraction of sp³-hybridized carbons (Fsp3) is 0.0263. The summed E-state index contributed by atoms with van der Waals surface area (Å²) in [5.74, 6) is 0. The summed E-state index contributed by atoms with van der Waals surface area (Å²) in [5.41, 5.74) is 15.7. The standard InChI is InChI=1S/C76H54N4/c1-5-27-69-57(15-1)19-9-31-73(69)77-61-43-35-53(36-44-61)54-37-47-63(48-38-54)79(75-33-11-21-59-17-3-7-29-71(59)75)67-25-14-26-68(52-67)80(76-34-12-22-60-18-4-8-30-72(60)76)64-49-41-56(42-50-64)55-39-45-62(46-40-55)78(66-24-13-23-65(77)51-66)74-32-10-20-58-16-2-6-28-70(58)74/h1-3,5-17,19-52H,4,18H2. The van der Waals surface area contributed by atoms with Crippen LogP contribution in [0.15, 0.2) is 297 Å². The minimum Gasteiger partial charge on any atom is -0.310 e. The Morgan fingerprint density at radius 2 is 0.525 bits per heavy atom. The maximum absolute atomic E-state index is 2.44. The molecule has 0 atom stereocenters. The van der Waals surface area contributed by atoms with E-state index in [1.807, 2.05) is 0 Å². The Morgan fingerprint density at radius 3 is 0.900 bits per heavy atom. The van der Waals surface area contributed by atoms with E-state index in [9.17, 15) is 0 Å². The van der Waals surface area contributed by atoms with Gasteiger partial charge in [0.05, 0.1) is 22.7 Å². The van der Waals surface area contributed by atoms with Gasteiger partial charge in [0.15, 0.2) is 0 Å². The van der Waals surface area contributed by atoms with Gasteiger partial charge < -0.3 is 18.3 Å². The Hall–Kier alpha value is -10.4. The molecule has 7 aromatic heterocycles. The van der Waals surface area contributed by atoms with Crippen molar-refractivity contribution < 1.29 is 0 Å². The van der Waals surface area contributed by atoms with E-state index in [1.165, 1.54) is 43.4 Å². The molecule has 0 unspecified atom stereocenters. The summed E-state index contributed by atoms with van der Waals surface area (Å²) in [7, 11) is 0. The number of aryl methyl sites for hydroxylation is 1. The summed E-state index contributed by atoms with van der Waals surface area (Å²) in [6.45, 7) is 0. The molecular weight excluding hydrogens is 969 g/mol. The molecule has 13 aromatic carbocycles. The van der Waals surface area contributed by atoms with E-state index in [-0.39, 0.29) is 0 Å². The van der Waals surface area contributed by atoms with Gasteiger partial charge in [-0.3, -0.25) is 0 Å². The minimum absolute atomic E-state index is 1.02. The molecule has 0 saturated carbocycles. The highest BCUT2D eigenvalue weighted by atomic mass is 15.0. The fourth-order valence-corrected chi connectivity index (χ4v) is 12.3. The molecule has 0 radical (unpaired) electrons. The van der Waals surface area contributed by atoms with Gasteiger partial charge in [0.2, 0.25) is 0 Å². The summed E-state index contributed by atoms with van der Waals surface area (Å²) in [5, 5.41) is 11.7. The van der Waals surface area contributed by atoms with E-state index in [2.05, 4.69) is 322 Å². The van der Waals surface area contributed by atoms with E-state index in [4.69, 9.17) is 0 Å². The van der Waals surface area contributed by atoms with Crippen LogP contribution in [0.5, 0.6) is 0 Å². The van der Waals surface area contributed by atoms with Gasteiger partial charge in [-0.15, -0.1) is 0 Å². The first-order valence-corrected chi connectivity index (χ1v) is 27.7. The minimum atomic E-state index is 1.02. The van der Waals surface area contributed by atoms with Crippen LogP contribution in [0.3, 0.4) is 0 Å². The lowest BCUT2D eigenvalue weighted by Gasteiger charge is -2.19. The van der Waals surface area contributed by atoms with Gasteiger partial charge in [0.25, 0.3) is 0 Å². The second kappa shape index (κ2) is 19.9. The third-order valence-corrected chi connectivity index (χ3v) is 16.2. The van der Waals surface area contributed by atoms with Gasteiger partial charge in [-0.1, -0.05) is 194 Å². The molecule has 0 amide bonds. The third-order valence-electron chi connectivity index (χ3n) is 16.2. The van der Waals surface area contributed by atoms with Gasteiger partial charge in [0.1, 0.15) is 0 Å². The van der Waals surface area contributed by atoms with Crippen molar-refractivity contribution >= 4 is 104 Å². The fourth-order valence-electron chi connectivity index (χ4n) is 12.3. The molecule has 21 rings (SSSR count). The number of allylic oxidation sites excluding steroid dienone is 1. The van der Waals surface area contributed by atoms with Crippen molar-refractivity contribution in [2.24, 2.45) is 0 Å². The first kappa shape index (κ1) is 46.8. The van der Waals surface area contributed by atoms with E-state index < -0.39 is 0 Å². The Bertz CT molecular complexity index is 5000. The zero-order valence-electron chi connectivity index (χ0n) is 44.1. The zero-order valence-corrected chi connectivity index (χ0v) is 44.1. The Morgan fingerprint density at radius 1 is 0.225 bits per heavy atom. The van der Waals surface area contributed by atoms with Crippen LogP contribution in [0.4, 0.5) is 0 Å². The van der Waals surface area contributed by atoms with Crippen LogP contribution in [-0.2, 0) is 6.42 Å². The predicted molar refractivity (Wildman–Crippen MR) is 340 cm³/mol. The summed E-state index contributed by atoms with van der Waals surface area (Å²) in [6.07, 6.45) is 6.70. The predicted octanol–water partition coefficient (Wildman–Crippen LogP) is 20.1. The molecule has 1 aliphatic rings. The van der Waals surface area contributed by atoms with E-state index in [1.54, 1.807) is 0 Å². The summed E-state index contributed by atoms with van der Waals surface area (Å²) < 4.78 is 9.70. The molecule has 1 aliphatic carbocycles. The SMILES string of the molecule is C1=Cc2c(cccc2-n2c3ccc(cc3)c3ccc(cc3)n(-c3cccc4ccccc34)c3cccc(c3)n(-c3cccc4ccccc34)c3ccc(cc3)c3ccc(cc3)n(-c3cccc4ccccc34)c3cccc2c3)CC1. The molecule has 0 saturated heterocycles. The third kappa shape index (κ3) is 8.34. The van der Waals surface area contributed by atoms with E-state index in [0.717, 1.165) is 101 Å². The van der Waals surface area contributed by atoms with Crippen LogP contribution in [0.1, 0.15) is 17.5 Å². The van der Waals surface area contributed by atoms with Crippen molar-refractivity contribution in [3.8, 4) is 22.7 Å². The molecule has 0 aliphatic heterocycles. The molecule has 0 N–H and O–H groups in total. The number of fused-ring (bicyclic) bond motifs is 4. The van der Waals surface area contributed by atoms with Gasteiger partial charge in [-0.2, -0.15) is 0 Å². The largest absolute Gasteiger partial charge is 0.310 e. The Kier molecular flexibility index (Phi) is 11.6. The number of benzene rings is 13. The lowest BCUT2D eigenvalue weighted by Crippen LogP contribution is -2.04. The number of hydrogen-bond donors (Lipinski definition) is 0. The van der Waals surface area contributed by atoms with Crippen molar-refractivity contribution in [3.63, 3.8) is 0 Å². The molecule has 80 heavy (non-hydrogen) atoms. The van der Waals surface area contributed by atoms with Crippen molar-refractivity contribution in [1.82, 2.24) is 18.3 Å². The second-order valence-corrected chi connectivity index (χ2v) is 20.9. The van der Waals surface area contributed by atoms with Crippen LogP contribution in [0.25, 0.3) is 127 Å². The van der Waals surface area contributed by atoms with Crippen LogP contribution < -0.4 is 0 Å². The number of aromatic nitrogens is 4. The number of nitrogens with zero attached hydrogens (tertiary/aromatic N) is 4. The number of hydrogen-bond acceptors (Lipinski definition) is 0. The van der Waals surface area contributed by atoms with Gasteiger partial charge >= 0.3 is 0 Å². The molecule has 4 nitrogen and oxygen atoms in total. The molecule has 4 heteroatoms. The highest BCUT2D eigenvalue weighted by molar-refractivity contribution is 5.96. The topological polar surface area (TPSA) is 19.7 Å². The van der Waals surface area contributed by atoms with E-state index in [0.29, 0.717) is 0 Å². The maximum atomic E-state index is 2.44. The van der Waals surface area contributed by atoms with Gasteiger partial charge in [-0.05, 0) is 165 Å². The Balaban J connectivity index is 1.07. The van der Waals surface area contributed by atoms with E-state index >= 15 is 0 Å². The highest BCUT2D eigenvalue weighted by Gasteiger charge is 2.14. The molecule has 12 bridgehead atoms. The molecular formula is C76H54N4. The van der Waals surface area contributed by atoms with Gasteiger partial charge in [0, 0.05) is 65.9 Å². The van der Waals surface area contributed by atoms with Gasteiger partial charge in [-0.25, -0.2) is 0 Å². The summed E-state index contributed by atoms with van der Waals surface area (Å²) in [6, 6.07) is 107. The van der Waals surface area contributed by atoms with Crippen LogP contribution in [0.2, 0.25) is 0 Å². The molecule has 378 valence electrons. The van der Waals surface area contributed by atoms with Crippen molar-refractivity contribution in [2.75, 3.05) is 0 Å². The monoisotopic (exact) mass is 1020 g/mol. The first-order valence-electron chi connectivity index (χ1n) is 27.7. The highest BCUT2D eigenvalue weighted by Crippen LogP contribution is 2.34. The lowest BCUT2D eigenvalue weighted by molar-refractivity contribution is 0.976. The van der Waals surface area contributed by atoms with Crippen molar-refractivity contribution in [1.29, 1.82) is 0 Å². The normalized spacial score (nSPS) is 12.1. The van der Waals surface area contributed by atoms with Crippen LogP contribution in [0, 0.1) is 0 Å². The molecule has 0 spiro atoms. The van der Waals surface area contributed by atoms with Crippen molar-refractivity contribution in [2.45, 2.75) is 12.8 Å². The van der Waals surface area contributed by atoms with Crippen molar-refractivity contribution in [3.05, 3.63) is 308 Å². The quantitative estimate of drug-likeness (QED) is 0.167. The first-order chi connectivity index (χ1) is 39.7. The Labute approximate surface area is 463 Å². The number of rotatable bonds is 4. The van der Waals surface area contributed by atoms with Crippen LogP contribution in [-0.4, -0.2) is 18.3 Å². The lowest BCUT2D eigenvalue weighted by atomic mass is 9.95. The average molecular weight is 1020 g/mol. The summed E-state index contributed by atoms with van der Waals surface area (Å²) in [4.78, 5) is 0.